The molecule has 1 aliphatic heterocycles. The number of nitrogens with one attached hydrogen (secondary N) is 1. The summed E-state index contributed by atoms with van der Waals surface area (Å²) in [6.07, 6.45) is 0.869. The second kappa shape index (κ2) is 10.2. The molecule has 29 heavy (non-hydrogen) atoms. The van der Waals surface area contributed by atoms with Gasteiger partial charge in [0.2, 0.25) is 0 Å². The van der Waals surface area contributed by atoms with Crippen LogP contribution in [-0.4, -0.2) is 56.2 Å². The number of hydrogen-bond donors (Lipinski definition) is 1. The van der Waals surface area contributed by atoms with Gasteiger partial charge in [-0.05, 0) is 68.4 Å². The molecule has 2 aromatic carbocycles. The first-order chi connectivity index (χ1) is 14.0. The molecule has 0 bridgehead atoms. The summed E-state index contributed by atoms with van der Waals surface area (Å²) in [5, 5.41) is 3.03. The molecule has 0 saturated carbocycles. The number of fused-ring (bicyclic) bond motifs is 1. The lowest BCUT2D eigenvalue weighted by molar-refractivity contribution is 0.191. The molecule has 1 N–H and O–H groups in total. The van der Waals surface area contributed by atoms with Gasteiger partial charge < -0.3 is 24.6 Å². The number of hydrogen-bond acceptors (Lipinski definition) is 4. The van der Waals surface area contributed by atoms with Crippen LogP contribution in [0.15, 0.2) is 42.5 Å². The molecule has 6 heteroatoms. The van der Waals surface area contributed by atoms with Crippen LogP contribution in [0.2, 0.25) is 0 Å². The number of urea groups is 1. The lowest BCUT2D eigenvalue weighted by atomic mass is 10.00. The maximum absolute atomic E-state index is 12.6. The van der Waals surface area contributed by atoms with Crippen LogP contribution >= 0.6 is 0 Å². The van der Waals surface area contributed by atoms with E-state index in [2.05, 4.69) is 16.3 Å². The lowest BCUT2D eigenvalue weighted by Crippen LogP contribution is -2.42. The van der Waals surface area contributed by atoms with E-state index in [1.807, 2.05) is 62.3 Å². The first-order valence-electron chi connectivity index (χ1n) is 10.2. The molecule has 0 atom stereocenters. The predicted octanol–water partition coefficient (Wildman–Crippen LogP) is 3.29. The van der Waals surface area contributed by atoms with E-state index in [0.717, 1.165) is 42.1 Å². The van der Waals surface area contributed by atoms with Gasteiger partial charge in [0, 0.05) is 26.2 Å². The van der Waals surface area contributed by atoms with E-state index in [0.29, 0.717) is 26.3 Å². The Balaban J connectivity index is 1.49. The van der Waals surface area contributed by atoms with Gasteiger partial charge in [0.25, 0.3) is 0 Å². The zero-order chi connectivity index (χ0) is 20.6. The van der Waals surface area contributed by atoms with E-state index in [-0.39, 0.29) is 6.03 Å². The molecule has 0 radical (unpaired) electrons. The van der Waals surface area contributed by atoms with Gasteiger partial charge >= 0.3 is 6.03 Å². The number of likely N-dealkylation sites (N-methyl/N-ethyl adjacent to an activating group) is 1. The fraction of sp³-hybridized carbons (Fsp3) is 0.435. The second-order valence-electron chi connectivity index (χ2n) is 7.49. The molecule has 1 heterocycles. The predicted molar refractivity (Wildman–Crippen MR) is 114 cm³/mol. The van der Waals surface area contributed by atoms with E-state index in [4.69, 9.17) is 9.47 Å². The van der Waals surface area contributed by atoms with Crippen molar-refractivity contribution >= 4 is 6.03 Å². The molecule has 0 fully saturated rings. The van der Waals surface area contributed by atoms with Gasteiger partial charge in [0.15, 0.2) is 0 Å². The van der Waals surface area contributed by atoms with Crippen LogP contribution in [0, 0.1) is 0 Å². The first kappa shape index (κ1) is 21.0. The quantitative estimate of drug-likeness (QED) is 0.743. The van der Waals surface area contributed by atoms with Crippen molar-refractivity contribution < 1.29 is 14.3 Å². The fourth-order valence-electron chi connectivity index (χ4n) is 3.30. The van der Waals surface area contributed by atoms with Crippen molar-refractivity contribution in [3.63, 3.8) is 0 Å². The van der Waals surface area contributed by atoms with Gasteiger partial charge in [-0.1, -0.05) is 18.2 Å². The Hall–Kier alpha value is -2.73. The highest BCUT2D eigenvalue weighted by Gasteiger charge is 2.21. The average molecular weight is 398 g/mol. The number of rotatable bonds is 8. The number of benzene rings is 2. The second-order valence-corrected chi connectivity index (χ2v) is 7.49. The van der Waals surface area contributed by atoms with Crippen molar-refractivity contribution in [2.45, 2.75) is 26.4 Å². The van der Waals surface area contributed by atoms with Gasteiger partial charge in [-0.3, -0.25) is 0 Å². The van der Waals surface area contributed by atoms with Crippen LogP contribution in [0.1, 0.15) is 23.6 Å². The van der Waals surface area contributed by atoms with Gasteiger partial charge in [0.05, 0.1) is 6.61 Å². The van der Waals surface area contributed by atoms with Gasteiger partial charge in [-0.2, -0.15) is 0 Å². The van der Waals surface area contributed by atoms with E-state index in [1.165, 1.54) is 5.56 Å². The van der Waals surface area contributed by atoms with Crippen LogP contribution in [0.25, 0.3) is 0 Å². The number of amides is 2. The summed E-state index contributed by atoms with van der Waals surface area (Å²) >= 11 is 0. The Morgan fingerprint density at radius 2 is 1.83 bits per heavy atom. The highest BCUT2D eigenvalue weighted by Crippen LogP contribution is 2.24. The monoisotopic (exact) mass is 397 g/mol. The zero-order valence-corrected chi connectivity index (χ0v) is 17.6. The summed E-state index contributed by atoms with van der Waals surface area (Å²) in [5.74, 6) is 1.71. The molecular weight excluding hydrogens is 366 g/mol. The largest absolute Gasteiger partial charge is 0.494 e. The van der Waals surface area contributed by atoms with Crippen molar-refractivity contribution in [2.24, 2.45) is 0 Å². The minimum absolute atomic E-state index is 0.0382. The van der Waals surface area contributed by atoms with E-state index >= 15 is 0 Å². The Morgan fingerprint density at radius 1 is 1.07 bits per heavy atom. The highest BCUT2D eigenvalue weighted by atomic mass is 16.5. The van der Waals surface area contributed by atoms with Crippen LogP contribution in [0.3, 0.4) is 0 Å². The van der Waals surface area contributed by atoms with Gasteiger partial charge in [-0.15, -0.1) is 0 Å². The molecule has 2 aromatic rings. The van der Waals surface area contributed by atoms with E-state index in [1.54, 1.807) is 0 Å². The molecule has 0 unspecified atom stereocenters. The molecule has 0 aliphatic carbocycles. The molecule has 156 valence electrons. The number of ether oxygens (including phenoxy) is 2. The van der Waals surface area contributed by atoms with Crippen LogP contribution in [0.4, 0.5) is 4.79 Å². The molecule has 0 spiro atoms. The van der Waals surface area contributed by atoms with Crippen molar-refractivity contribution in [1.29, 1.82) is 0 Å². The maximum Gasteiger partial charge on any atom is 0.317 e. The minimum atomic E-state index is -0.0382. The molecule has 0 saturated heterocycles. The third-order valence-electron chi connectivity index (χ3n) is 4.96. The summed E-state index contributed by atoms with van der Waals surface area (Å²) in [6, 6.07) is 14.0. The summed E-state index contributed by atoms with van der Waals surface area (Å²) in [4.78, 5) is 16.6. The molecule has 0 aromatic heterocycles. The number of nitrogens with zero attached hydrogens (tertiary/aromatic N) is 2. The summed E-state index contributed by atoms with van der Waals surface area (Å²) in [5.41, 5.74) is 3.51. The maximum atomic E-state index is 12.6. The molecule has 3 rings (SSSR count). The highest BCUT2D eigenvalue weighted by molar-refractivity contribution is 5.74. The lowest BCUT2D eigenvalue weighted by Gasteiger charge is -2.29. The van der Waals surface area contributed by atoms with E-state index in [9.17, 15) is 4.79 Å². The molecular formula is C23H31N3O3. The smallest absolute Gasteiger partial charge is 0.317 e. The van der Waals surface area contributed by atoms with Crippen LogP contribution in [0.5, 0.6) is 11.5 Å². The average Bonchev–Trinajstić information content (AvgIpc) is 2.72. The van der Waals surface area contributed by atoms with Crippen molar-refractivity contribution in [3.05, 3.63) is 59.2 Å². The summed E-state index contributed by atoms with van der Waals surface area (Å²) in [6.45, 7) is 5.99. The van der Waals surface area contributed by atoms with Gasteiger partial charge in [0.1, 0.15) is 18.1 Å². The van der Waals surface area contributed by atoms with Crippen LogP contribution < -0.4 is 14.8 Å². The fourth-order valence-corrected chi connectivity index (χ4v) is 3.30. The zero-order valence-electron chi connectivity index (χ0n) is 17.6. The normalized spacial score (nSPS) is 13.2. The standard InChI is InChI=1S/C23H31N3O3/c1-4-28-22-10-7-19-11-12-26(17-20(19)15-22)23(27)24-16-18-5-8-21(9-6-18)29-14-13-25(2)3/h5-10,15H,4,11-14,16-17H2,1-3H3,(H,24,27). The third-order valence-corrected chi connectivity index (χ3v) is 4.96. The Labute approximate surface area is 173 Å². The molecule has 2 amide bonds. The number of carbonyl (C=O) groups excluding carboxylic acids is 1. The Kier molecular flexibility index (Phi) is 7.36. The topological polar surface area (TPSA) is 54.0 Å². The van der Waals surface area contributed by atoms with E-state index < -0.39 is 0 Å². The van der Waals surface area contributed by atoms with Crippen LogP contribution in [-0.2, 0) is 19.5 Å². The third kappa shape index (κ3) is 6.12. The van der Waals surface area contributed by atoms with Gasteiger partial charge in [-0.25, -0.2) is 4.79 Å². The minimum Gasteiger partial charge on any atom is -0.494 e. The number of carbonyl (C=O) groups is 1. The van der Waals surface area contributed by atoms with Crippen molar-refractivity contribution in [1.82, 2.24) is 15.1 Å². The Bertz CT molecular complexity index is 806. The SMILES string of the molecule is CCOc1ccc2c(c1)CN(C(=O)NCc1ccc(OCCN(C)C)cc1)CC2. The van der Waals surface area contributed by atoms with Crippen molar-refractivity contribution in [3.8, 4) is 11.5 Å². The first-order valence-corrected chi connectivity index (χ1v) is 10.2. The summed E-state index contributed by atoms with van der Waals surface area (Å²) < 4.78 is 11.3. The summed E-state index contributed by atoms with van der Waals surface area (Å²) in [7, 11) is 4.04. The molecule has 6 nitrogen and oxygen atoms in total. The molecule has 1 aliphatic rings. The van der Waals surface area contributed by atoms with Crippen molar-refractivity contribution in [2.75, 3.05) is 40.4 Å². The Morgan fingerprint density at radius 3 is 2.55 bits per heavy atom.